The molecule has 1 atom stereocenters. The third-order valence-corrected chi connectivity index (χ3v) is 5.32. The van der Waals surface area contributed by atoms with Gasteiger partial charge in [-0.3, -0.25) is 24.1 Å². The van der Waals surface area contributed by atoms with Gasteiger partial charge >= 0.3 is 0 Å². The molecule has 2 heterocycles. The number of hydrogen-bond donors (Lipinski definition) is 3. The maximum Gasteiger partial charge on any atom is 0.263 e. The number of anilines is 1. The fourth-order valence-corrected chi connectivity index (χ4v) is 3.82. The van der Waals surface area contributed by atoms with Gasteiger partial charge in [0.05, 0.1) is 17.2 Å². The highest BCUT2D eigenvalue weighted by Gasteiger charge is 2.42. The van der Waals surface area contributed by atoms with Crippen molar-refractivity contribution in [3.8, 4) is 0 Å². The normalized spacial score (nSPS) is 18.4. The number of amides is 4. The fraction of sp³-hybridized carbons (Fsp3) is 0.524. The highest BCUT2D eigenvalue weighted by Crippen LogP contribution is 2.32. The van der Waals surface area contributed by atoms with Crippen molar-refractivity contribution in [2.24, 2.45) is 0 Å². The Balaban J connectivity index is 1.56. The van der Waals surface area contributed by atoms with Crippen molar-refractivity contribution in [2.45, 2.75) is 51.5 Å². The zero-order chi connectivity index (χ0) is 20.8. The van der Waals surface area contributed by atoms with Crippen molar-refractivity contribution in [3.05, 3.63) is 29.3 Å². The quantitative estimate of drug-likeness (QED) is 0.432. The van der Waals surface area contributed by atoms with Gasteiger partial charge in [-0.25, -0.2) is 0 Å². The molecule has 8 nitrogen and oxygen atoms in total. The zero-order valence-corrected chi connectivity index (χ0v) is 16.8. The molecule has 156 valence electrons. The zero-order valence-electron chi connectivity index (χ0n) is 16.8. The summed E-state index contributed by atoms with van der Waals surface area (Å²) in [5, 5.41) is 8.78. The third kappa shape index (κ3) is 4.75. The highest BCUT2D eigenvalue weighted by molar-refractivity contribution is 6.24. The number of fused-ring (bicyclic) bond motifs is 1. The van der Waals surface area contributed by atoms with Crippen LogP contribution in [-0.2, 0) is 9.59 Å². The molecule has 0 saturated carbocycles. The van der Waals surface area contributed by atoms with Crippen LogP contribution in [0.4, 0.5) is 5.69 Å². The number of rotatable bonds is 9. The van der Waals surface area contributed by atoms with Crippen LogP contribution in [0, 0.1) is 0 Å². The molecule has 8 heteroatoms. The number of imide groups is 1. The van der Waals surface area contributed by atoms with E-state index in [4.69, 9.17) is 0 Å². The van der Waals surface area contributed by atoms with Gasteiger partial charge < -0.3 is 16.0 Å². The van der Waals surface area contributed by atoms with Crippen LogP contribution in [0.3, 0.4) is 0 Å². The molecule has 0 aromatic heterocycles. The van der Waals surface area contributed by atoms with Crippen LogP contribution < -0.4 is 16.0 Å². The summed E-state index contributed by atoms with van der Waals surface area (Å²) < 4.78 is 0. The number of benzene rings is 1. The van der Waals surface area contributed by atoms with E-state index < -0.39 is 0 Å². The predicted octanol–water partition coefficient (Wildman–Crippen LogP) is 1.67. The van der Waals surface area contributed by atoms with Gasteiger partial charge in [-0.15, -0.1) is 0 Å². The standard InChI is InChI=1S/C21H28N4O4/c1-2-22-17(26)9-4-3-5-12-23-16-8-6-7-15-19(16)21(29)25(20(15)28)14-10-11-18(27)24-13-14/h6-8,14,23H,2-5,9-13H2,1H3,(H,22,26)(H,24,27). The number of nitrogens with one attached hydrogen (secondary N) is 3. The molecular formula is C21H28N4O4. The lowest BCUT2D eigenvalue weighted by Gasteiger charge is -2.29. The first-order valence-corrected chi connectivity index (χ1v) is 10.3. The second kappa shape index (κ2) is 9.54. The van der Waals surface area contributed by atoms with E-state index in [0.717, 1.165) is 19.3 Å². The van der Waals surface area contributed by atoms with Gasteiger partial charge in [0.1, 0.15) is 0 Å². The topological polar surface area (TPSA) is 108 Å². The second-order valence-electron chi connectivity index (χ2n) is 7.40. The lowest BCUT2D eigenvalue weighted by molar-refractivity contribution is -0.123. The molecule has 29 heavy (non-hydrogen) atoms. The van der Waals surface area contributed by atoms with E-state index >= 15 is 0 Å². The van der Waals surface area contributed by atoms with Crippen molar-refractivity contribution in [3.63, 3.8) is 0 Å². The smallest absolute Gasteiger partial charge is 0.263 e. The summed E-state index contributed by atoms with van der Waals surface area (Å²) in [7, 11) is 0. The number of hydrogen-bond acceptors (Lipinski definition) is 5. The Labute approximate surface area is 170 Å². The number of carbonyl (C=O) groups excluding carboxylic acids is 4. The Morgan fingerprint density at radius 1 is 1.17 bits per heavy atom. The maximum atomic E-state index is 13.0. The molecule has 3 N–H and O–H groups in total. The summed E-state index contributed by atoms with van der Waals surface area (Å²) >= 11 is 0. The Kier molecular flexibility index (Phi) is 6.85. The van der Waals surface area contributed by atoms with Gasteiger partial charge in [-0.1, -0.05) is 12.5 Å². The number of carbonyl (C=O) groups is 4. The van der Waals surface area contributed by atoms with Gasteiger partial charge in [-0.2, -0.15) is 0 Å². The molecule has 0 spiro atoms. The Morgan fingerprint density at radius 2 is 2.00 bits per heavy atom. The predicted molar refractivity (Wildman–Crippen MR) is 109 cm³/mol. The van der Waals surface area contributed by atoms with E-state index in [-0.39, 0.29) is 29.7 Å². The van der Waals surface area contributed by atoms with E-state index in [1.54, 1.807) is 12.1 Å². The maximum absolute atomic E-state index is 13.0. The number of unbranched alkanes of at least 4 members (excludes halogenated alkanes) is 2. The Bertz CT molecular complexity index is 798. The molecular weight excluding hydrogens is 372 g/mol. The van der Waals surface area contributed by atoms with Crippen LogP contribution in [-0.4, -0.2) is 54.2 Å². The molecule has 4 amide bonds. The fourth-order valence-electron chi connectivity index (χ4n) is 3.82. The van der Waals surface area contributed by atoms with Crippen LogP contribution in [0.2, 0.25) is 0 Å². The monoisotopic (exact) mass is 400 g/mol. The first kappa shape index (κ1) is 20.8. The molecule has 0 bridgehead atoms. The highest BCUT2D eigenvalue weighted by atomic mass is 16.2. The van der Waals surface area contributed by atoms with E-state index in [9.17, 15) is 19.2 Å². The molecule has 1 aromatic rings. The van der Waals surface area contributed by atoms with E-state index in [0.29, 0.717) is 55.7 Å². The summed E-state index contributed by atoms with van der Waals surface area (Å²) in [6.45, 7) is 3.51. The minimum absolute atomic E-state index is 0.0487. The first-order valence-electron chi connectivity index (χ1n) is 10.3. The van der Waals surface area contributed by atoms with Gasteiger partial charge in [0.25, 0.3) is 11.8 Å². The van der Waals surface area contributed by atoms with Crippen LogP contribution in [0.1, 0.15) is 66.2 Å². The van der Waals surface area contributed by atoms with Crippen molar-refractivity contribution in [1.29, 1.82) is 0 Å². The molecule has 0 aliphatic carbocycles. The molecule has 0 radical (unpaired) electrons. The molecule has 1 unspecified atom stereocenters. The average molecular weight is 400 g/mol. The average Bonchev–Trinajstić information content (AvgIpc) is 2.97. The number of piperidine rings is 1. The van der Waals surface area contributed by atoms with Gasteiger partial charge in [0, 0.05) is 38.2 Å². The summed E-state index contributed by atoms with van der Waals surface area (Å²) in [5.41, 5.74) is 1.48. The van der Waals surface area contributed by atoms with Crippen molar-refractivity contribution in [1.82, 2.24) is 15.5 Å². The minimum Gasteiger partial charge on any atom is -0.384 e. The van der Waals surface area contributed by atoms with E-state index in [1.165, 1.54) is 4.90 Å². The SMILES string of the molecule is CCNC(=O)CCCCCNc1cccc2c1C(=O)N(C1CCC(=O)NC1)C2=O. The van der Waals surface area contributed by atoms with Gasteiger partial charge in [0.15, 0.2) is 0 Å². The van der Waals surface area contributed by atoms with Gasteiger partial charge in [0.2, 0.25) is 11.8 Å². The summed E-state index contributed by atoms with van der Waals surface area (Å²) in [4.78, 5) is 49.9. The van der Waals surface area contributed by atoms with Crippen LogP contribution in [0.15, 0.2) is 18.2 Å². The number of nitrogens with zero attached hydrogens (tertiary/aromatic N) is 1. The molecule has 1 saturated heterocycles. The lowest BCUT2D eigenvalue weighted by Crippen LogP contribution is -2.50. The molecule has 1 aromatic carbocycles. The molecule has 2 aliphatic heterocycles. The summed E-state index contributed by atoms with van der Waals surface area (Å²) in [5.74, 6) is -0.570. The Hall–Kier alpha value is -2.90. The lowest BCUT2D eigenvalue weighted by atomic mass is 10.1. The van der Waals surface area contributed by atoms with Crippen LogP contribution in [0.25, 0.3) is 0 Å². The second-order valence-corrected chi connectivity index (χ2v) is 7.40. The third-order valence-electron chi connectivity index (χ3n) is 5.32. The molecule has 2 aliphatic rings. The molecule has 1 fully saturated rings. The van der Waals surface area contributed by atoms with Gasteiger partial charge in [-0.05, 0) is 38.3 Å². The van der Waals surface area contributed by atoms with Crippen molar-refractivity contribution < 1.29 is 19.2 Å². The Morgan fingerprint density at radius 3 is 2.72 bits per heavy atom. The molecule has 3 rings (SSSR count). The van der Waals surface area contributed by atoms with Crippen molar-refractivity contribution in [2.75, 3.05) is 25.0 Å². The van der Waals surface area contributed by atoms with Crippen LogP contribution >= 0.6 is 0 Å². The van der Waals surface area contributed by atoms with E-state index in [1.807, 2.05) is 13.0 Å². The summed E-state index contributed by atoms with van der Waals surface area (Å²) in [6.07, 6.45) is 3.92. The largest absolute Gasteiger partial charge is 0.384 e. The summed E-state index contributed by atoms with van der Waals surface area (Å²) in [6, 6.07) is 4.95. The van der Waals surface area contributed by atoms with Crippen molar-refractivity contribution >= 4 is 29.3 Å². The minimum atomic E-state index is -0.304. The van der Waals surface area contributed by atoms with Crippen LogP contribution in [0.5, 0.6) is 0 Å². The van der Waals surface area contributed by atoms with E-state index in [2.05, 4.69) is 16.0 Å². The first-order chi connectivity index (χ1) is 14.0.